The molecule has 28 heavy (non-hydrogen) atoms. The van der Waals surface area contributed by atoms with Crippen molar-refractivity contribution < 1.29 is 4.39 Å². The number of benzene rings is 1. The first kappa shape index (κ1) is 20.9. The predicted octanol–water partition coefficient (Wildman–Crippen LogP) is 5.10. The summed E-state index contributed by atoms with van der Waals surface area (Å²) >= 11 is 0. The van der Waals surface area contributed by atoms with E-state index in [-0.39, 0.29) is 0 Å². The first-order valence-corrected chi connectivity index (χ1v) is 10.6. The molecule has 0 amide bonds. The van der Waals surface area contributed by atoms with Gasteiger partial charge in [-0.3, -0.25) is 4.90 Å². The molecule has 1 aliphatic heterocycles. The summed E-state index contributed by atoms with van der Waals surface area (Å²) in [6.07, 6.45) is 11.3. The zero-order valence-electron chi connectivity index (χ0n) is 17.8. The lowest BCUT2D eigenvalue weighted by atomic mass is 9.96. The van der Waals surface area contributed by atoms with Gasteiger partial charge in [0.25, 0.3) is 0 Å². The molecule has 1 aliphatic carbocycles. The van der Waals surface area contributed by atoms with Crippen LogP contribution in [0.3, 0.4) is 0 Å². The van der Waals surface area contributed by atoms with E-state index in [2.05, 4.69) is 54.6 Å². The number of nitrogens with zero attached hydrogens (tertiary/aromatic N) is 2. The van der Waals surface area contributed by atoms with Crippen molar-refractivity contribution in [2.75, 3.05) is 33.2 Å². The van der Waals surface area contributed by atoms with Crippen molar-refractivity contribution in [2.45, 2.75) is 51.6 Å². The quantitative estimate of drug-likeness (QED) is 0.577. The summed E-state index contributed by atoms with van der Waals surface area (Å²) in [4.78, 5) is 4.55. The molecular formula is C25H35FN2. The van der Waals surface area contributed by atoms with Crippen LogP contribution in [0.2, 0.25) is 0 Å². The van der Waals surface area contributed by atoms with Crippen molar-refractivity contribution in [1.82, 2.24) is 9.80 Å². The Bertz CT molecular complexity index is 760. The second kappa shape index (κ2) is 9.09. The third-order valence-corrected chi connectivity index (χ3v) is 6.19. The molecule has 2 aliphatic rings. The molecular weight excluding hydrogens is 347 g/mol. The average Bonchev–Trinajstić information content (AvgIpc) is 3.27. The van der Waals surface area contributed by atoms with Gasteiger partial charge in [-0.25, -0.2) is 4.39 Å². The standard InChI is InChI=1S/C25H35FN2/c1-5-6-13-24(27(4)16-17-28-15-14-25(3,26)19-28)20(2)18-22-11-7-9-21-10-8-12-23(21)22/h5-7,9,11,13H,1,8,10,12,14-19H2,2-4H3/b13-6-,24-20+. The van der Waals surface area contributed by atoms with Crippen molar-refractivity contribution in [3.05, 3.63) is 71.0 Å². The molecule has 152 valence electrons. The van der Waals surface area contributed by atoms with Crippen LogP contribution in [0.15, 0.2) is 54.3 Å². The second-order valence-corrected chi connectivity index (χ2v) is 8.71. The number of allylic oxidation sites excluding steroid dienone is 4. The van der Waals surface area contributed by atoms with Gasteiger partial charge >= 0.3 is 0 Å². The number of fused-ring (bicyclic) bond motifs is 1. The molecule has 0 bridgehead atoms. The zero-order valence-corrected chi connectivity index (χ0v) is 17.8. The largest absolute Gasteiger partial charge is 0.373 e. The van der Waals surface area contributed by atoms with Crippen LogP contribution in [-0.2, 0) is 19.3 Å². The number of hydrogen-bond acceptors (Lipinski definition) is 2. The molecule has 1 unspecified atom stereocenters. The Morgan fingerprint density at radius 2 is 2.18 bits per heavy atom. The average molecular weight is 383 g/mol. The van der Waals surface area contributed by atoms with Gasteiger partial charge in [-0.1, -0.05) is 36.9 Å². The number of alkyl halides is 1. The fourth-order valence-electron chi connectivity index (χ4n) is 4.61. The number of likely N-dealkylation sites (tertiary alicyclic amines) is 1. The van der Waals surface area contributed by atoms with Crippen LogP contribution in [0.4, 0.5) is 4.39 Å². The molecule has 0 N–H and O–H groups in total. The molecule has 0 spiro atoms. The normalized spacial score (nSPS) is 23.1. The second-order valence-electron chi connectivity index (χ2n) is 8.71. The minimum Gasteiger partial charge on any atom is -0.373 e. The van der Waals surface area contributed by atoms with E-state index < -0.39 is 5.67 Å². The topological polar surface area (TPSA) is 6.48 Å². The summed E-state index contributed by atoms with van der Waals surface area (Å²) < 4.78 is 14.1. The lowest BCUT2D eigenvalue weighted by Crippen LogP contribution is -2.33. The van der Waals surface area contributed by atoms with Crippen molar-refractivity contribution in [3.63, 3.8) is 0 Å². The number of hydrogen-bond donors (Lipinski definition) is 0. The summed E-state index contributed by atoms with van der Waals surface area (Å²) in [5.74, 6) is 0. The Labute approximate surface area is 170 Å². The molecule has 1 saturated heterocycles. The van der Waals surface area contributed by atoms with E-state index in [9.17, 15) is 4.39 Å². The Kier molecular flexibility index (Phi) is 6.77. The van der Waals surface area contributed by atoms with Gasteiger partial charge in [-0.05, 0) is 74.3 Å². The van der Waals surface area contributed by atoms with Gasteiger partial charge in [0.2, 0.25) is 0 Å². The molecule has 1 aromatic carbocycles. The van der Waals surface area contributed by atoms with E-state index in [1.54, 1.807) is 12.5 Å². The van der Waals surface area contributed by atoms with Gasteiger partial charge in [0.15, 0.2) is 0 Å². The van der Waals surface area contributed by atoms with E-state index in [1.807, 2.05) is 12.2 Å². The molecule has 1 fully saturated rings. The van der Waals surface area contributed by atoms with Gasteiger partial charge in [-0.2, -0.15) is 0 Å². The monoisotopic (exact) mass is 382 g/mol. The van der Waals surface area contributed by atoms with E-state index >= 15 is 0 Å². The van der Waals surface area contributed by atoms with Crippen LogP contribution in [0.5, 0.6) is 0 Å². The highest BCUT2D eigenvalue weighted by Crippen LogP contribution is 2.28. The molecule has 0 aromatic heterocycles. The van der Waals surface area contributed by atoms with Crippen LogP contribution >= 0.6 is 0 Å². The maximum absolute atomic E-state index is 14.1. The minimum atomic E-state index is -1.02. The lowest BCUT2D eigenvalue weighted by molar-refractivity contribution is 0.184. The van der Waals surface area contributed by atoms with E-state index in [0.29, 0.717) is 13.0 Å². The fraction of sp³-hybridized carbons (Fsp3) is 0.520. The molecule has 3 heteroatoms. The highest BCUT2D eigenvalue weighted by Gasteiger charge is 2.33. The van der Waals surface area contributed by atoms with Gasteiger partial charge in [0.1, 0.15) is 5.67 Å². The molecule has 1 heterocycles. The van der Waals surface area contributed by atoms with Crippen molar-refractivity contribution in [3.8, 4) is 0 Å². The fourth-order valence-corrected chi connectivity index (χ4v) is 4.61. The zero-order chi connectivity index (χ0) is 20.1. The Balaban J connectivity index is 1.72. The first-order valence-electron chi connectivity index (χ1n) is 10.6. The van der Waals surface area contributed by atoms with Crippen molar-refractivity contribution in [2.24, 2.45) is 0 Å². The molecule has 0 saturated carbocycles. The minimum absolute atomic E-state index is 0.553. The number of likely N-dealkylation sites (N-methyl/N-ethyl adjacent to an activating group) is 1. The van der Waals surface area contributed by atoms with Crippen LogP contribution in [0, 0.1) is 0 Å². The molecule has 0 radical (unpaired) electrons. The number of halogens is 1. The van der Waals surface area contributed by atoms with E-state index in [1.165, 1.54) is 41.7 Å². The smallest absolute Gasteiger partial charge is 0.122 e. The maximum Gasteiger partial charge on any atom is 0.122 e. The molecule has 2 nitrogen and oxygen atoms in total. The van der Waals surface area contributed by atoms with Crippen LogP contribution in [0.1, 0.15) is 43.4 Å². The number of aryl methyl sites for hydroxylation is 1. The molecule has 1 atom stereocenters. The predicted molar refractivity (Wildman–Crippen MR) is 117 cm³/mol. The summed E-state index contributed by atoms with van der Waals surface area (Å²) in [7, 11) is 2.15. The number of rotatable bonds is 8. The SMILES string of the molecule is C=C/C=C\C(=C(\C)Cc1cccc2c1CCC2)N(C)CCN1CCC(C)(F)C1. The molecule has 1 aromatic rings. The Morgan fingerprint density at radius 1 is 1.36 bits per heavy atom. The molecule has 3 rings (SSSR count). The van der Waals surface area contributed by atoms with Crippen LogP contribution in [0.25, 0.3) is 0 Å². The highest BCUT2D eigenvalue weighted by atomic mass is 19.1. The van der Waals surface area contributed by atoms with Gasteiger partial charge in [0.05, 0.1) is 0 Å². The van der Waals surface area contributed by atoms with E-state index in [0.717, 1.165) is 26.1 Å². The highest BCUT2D eigenvalue weighted by molar-refractivity contribution is 5.41. The van der Waals surface area contributed by atoms with Gasteiger partial charge < -0.3 is 4.90 Å². The summed E-state index contributed by atoms with van der Waals surface area (Å²) in [6.45, 7) is 11.0. The third-order valence-electron chi connectivity index (χ3n) is 6.19. The lowest BCUT2D eigenvalue weighted by Gasteiger charge is -2.26. The van der Waals surface area contributed by atoms with Crippen LogP contribution < -0.4 is 0 Å². The van der Waals surface area contributed by atoms with Crippen molar-refractivity contribution in [1.29, 1.82) is 0 Å². The third kappa shape index (κ3) is 5.14. The van der Waals surface area contributed by atoms with Gasteiger partial charge in [-0.15, -0.1) is 0 Å². The van der Waals surface area contributed by atoms with Crippen LogP contribution in [-0.4, -0.2) is 48.7 Å². The first-order chi connectivity index (χ1) is 13.4. The summed E-state index contributed by atoms with van der Waals surface area (Å²) in [6, 6.07) is 6.77. The van der Waals surface area contributed by atoms with Crippen molar-refractivity contribution >= 4 is 0 Å². The van der Waals surface area contributed by atoms with Gasteiger partial charge in [0, 0.05) is 38.9 Å². The maximum atomic E-state index is 14.1. The Hall–Kier alpha value is -1.87. The summed E-state index contributed by atoms with van der Waals surface area (Å²) in [5.41, 5.74) is 6.17. The summed E-state index contributed by atoms with van der Waals surface area (Å²) in [5, 5.41) is 0. The Morgan fingerprint density at radius 3 is 2.89 bits per heavy atom. The van der Waals surface area contributed by atoms with E-state index in [4.69, 9.17) is 0 Å².